The Bertz CT molecular complexity index is 3490. The summed E-state index contributed by atoms with van der Waals surface area (Å²) in [7, 11) is 0. The van der Waals surface area contributed by atoms with Gasteiger partial charge in [0, 0.05) is 49.3 Å². The second-order valence-corrected chi connectivity index (χ2v) is 14.8. The van der Waals surface area contributed by atoms with Gasteiger partial charge in [-0.25, -0.2) is 15.0 Å². The molecule has 12 aromatic rings. The van der Waals surface area contributed by atoms with Gasteiger partial charge in [-0.1, -0.05) is 158 Å². The molecular formula is C53H33N5. The molecule has 8 aromatic carbocycles. The van der Waals surface area contributed by atoms with Crippen molar-refractivity contribution in [3.63, 3.8) is 0 Å². The molecule has 0 radical (unpaired) electrons. The van der Waals surface area contributed by atoms with Gasteiger partial charge >= 0.3 is 0 Å². The van der Waals surface area contributed by atoms with Crippen molar-refractivity contribution in [1.29, 1.82) is 0 Å². The number of hydrogen-bond acceptors (Lipinski definition) is 3. The predicted octanol–water partition coefficient (Wildman–Crippen LogP) is 13.3. The minimum atomic E-state index is 0.640. The molecule has 0 fully saturated rings. The first-order chi connectivity index (χ1) is 28.8. The van der Waals surface area contributed by atoms with E-state index in [1.165, 1.54) is 59.9 Å². The third-order valence-electron chi connectivity index (χ3n) is 11.5. The Labute approximate surface area is 333 Å². The number of benzene rings is 8. The van der Waals surface area contributed by atoms with E-state index < -0.39 is 0 Å². The number of pyridine rings is 1. The lowest BCUT2D eigenvalue weighted by Crippen LogP contribution is -2.00. The van der Waals surface area contributed by atoms with E-state index in [0.29, 0.717) is 17.5 Å². The molecule has 0 atom stereocenters. The largest absolute Gasteiger partial charge is 0.309 e. The van der Waals surface area contributed by atoms with Crippen LogP contribution in [0.3, 0.4) is 0 Å². The minimum absolute atomic E-state index is 0.640. The summed E-state index contributed by atoms with van der Waals surface area (Å²) in [5.74, 6) is 1.94. The van der Waals surface area contributed by atoms with Crippen molar-refractivity contribution in [2.45, 2.75) is 0 Å². The van der Waals surface area contributed by atoms with Crippen molar-refractivity contribution >= 4 is 59.9 Å². The Kier molecular flexibility index (Phi) is 7.16. The zero-order chi connectivity index (χ0) is 38.2. The molecule has 4 heterocycles. The van der Waals surface area contributed by atoms with Gasteiger partial charge in [0.15, 0.2) is 17.5 Å². The average molecular weight is 740 g/mol. The van der Waals surface area contributed by atoms with Crippen molar-refractivity contribution in [3.05, 3.63) is 200 Å². The van der Waals surface area contributed by atoms with Gasteiger partial charge < -0.3 is 8.97 Å². The second kappa shape index (κ2) is 12.8. The van der Waals surface area contributed by atoms with Gasteiger partial charge in [-0.15, -0.1) is 0 Å². The number of hydrogen-bond donors (Lipinski definition) is 0. The van der Waals surface area contributed by atoms with Gasteiger partial charge in [0.1, 0.15) is 0 Å². The Morgan fingerprint density at radius 3 is 1.60 bits per heavy atom. The normalized spacial score (nSPS) is 11.8. The van der Waals surface area contributed by atoms with Gasteiger partial charge in [0.05, 0.1) is 27.6 Å². The fourth-order valence-corrected chi connectivity index (χ4v) is 8.88. The number of fused-ring (bicyclic) bond motifs is 12. The van der Waals surface area contributed by atoms with Crippen LogP contribution in [-0.2, 0) is 0 Å². The molecule has 5 heteroatoms. The Morgan fingerprint density at radius 1 is 0.310 bits per heavy atom. The molecule has 5 nitrogen and oxygen atoms in total. The highest BCUT2D eigenvalue weighted by atomic mass is 15.0. The highest BCUT2D eigenvalue weighted by Gasteiger charge is 2.20. The molecule has 0 amide bonds. The minimum Gasteiger partial charge on any atom is -0.309 e. The summed E-state index contributed by atoms with van der Waals surface area (Å²) in [5, 5.41) is 7.50. The molecule has 58 heavy (non-hydrogen) atoms. The van der Waals surface area contributed by atoms with E-state index in [-0.39, 0.29) is 0 Å². The maximum atomic E-state index is 4.98. The van der Waals surface area contributed by atoms with E-state index >= 15 is 0 Å². The number of para-hydroxylation sites is 2. The third-order valence-corrected chi connectivity index (χ3v) is 11.5. The summed E-state index contributed by atoms with van der Waals surface area (Å²) in [5.41, 5.74) is 12.2. The molecular weight excluding hydrogens is 707 g/mol. The molecule has 0 bridgehead atoms. The smallest absolute Gasteiger partial charge is 0.164 e. The fourth-order valence-electron chi connectivity index (χ4n) is 8.88. The molecule has 0 aliphatic carbocycles. The molecule has 0 aliphatic rings. The van der Waals surface area contributed by atoms with Gasteiger partial charge in [-0.2, -0.15) is 0 Å². The zero-order valence-electron chi connectivity index (χ0n) is 31.3. The van der Waals surface area contributed by atoms with E-state index in [1.54, 1.807) is 0 Å². The highest BCUT2D eigenvalue weighted by molar-refractivity contribution is 6.27. The fraction of sp³-hybridized carbons (Fsp3) is 0. The van der Waals surface area contributed by atoms with Crippen LogP contribution < -0.4 is 0 Å². The molecule has 0 spiro atoms. The second-order valence-electron chi connectivity index (χ2n) is 14.8. The lowest BCUT2D eigenvalue weighted by atomic mass is 10.0. The van der Waals surface area contributed by atoms with E-state index in [2.05, 4.69) is 148 Å². The lowest BCUT2D eigenvalue weighted by molar-refractivity contribution is 1.07. The third kappa shape index (κ3) is 5.00. The molecule has 0 saturated heterocycles. The Hall–Kier alpha value is -7.89. The van der Waals surface area contributed by atoms with Crippen LogP contribution in [0.5, 0.6) is 0 Å². The van der Waals surface area contributed by atoms with E-state index in [9.17, 15) is 0 Å². The Morgan fingerprint density at radius 2 is 0.879 bits per heavy atom. The number of rotatable bonds is 5. The first-order valence-electron chi connectivity index (χ1n) is 19.6. The van der Waals surface area contributed by atoms with Crippen LogP contribution in [0.15, 0.2) is 200 Å². The predicted molar refractivity (Wildman–Crippen MR) is 239 cm³/mol. The first kappa shape index (κ1) is 32.4. The van der Waals surface area contributed by atoms with Gasteiger partial charge in [0.2, 0.25) is 0 Å². The summed E-state index contributed by atoms with van der Waals surface area (Å²) in [6.07, 6.45) is 0. The molecule has 0 aliphatic heterocycles. The molecule has 12 rings (SSSR count). The van der Waals surface area contributed by atoms with Crippen LogP contribution in [0.1, 0.15) is 0 Å². The van der Waals surface area contributed by atoms with Crippen LogP contribution in [0.2, 0.25) is 0 Å². The summed E-state index contributed by atoms with van der Waals surface area (Å²) < 4.78 is 4.90. The van der Waals surface area contributed by atoms with Gasteiger partial charge in [-0.05, 0) is 59.0 Å². The van der Waals surface area contributed by atoms with Gasteiger partial charge in [-0.3, -0.25) is 0 Å². The van der Waals surface area contributed by atoms with Crippen LogP contribution in [0.25, 0.3) is 111 Å². The summed E-state index contributed by atoms with van der Waals surface area (Å²) >= 11 is 0. The van der Waals surface area contributed by atoms with Crippen LogP contribution >= 0.6 is 0 Å². The monoisotopic (exact) mass is 739 g/mol. The summed E-state index contributed by atoms with van der Waals surface area (Å²) in [6.45, 7) is 0. The molecule has 4 aromatic heterocycles. The SMILES string of the molecule is c1ccc(-c2nc(-c3ccccc3)nc(-c3cccc(-c4ccc(-n5c6ccccc6c6c5ccc5c7ccccc7c7cc8ccccc8n7c56)cc4)c3)n2)cc1. The highest BCUT2D eigenvalue weighted by Crippen LogP contribution is 2.42. The number of aromatic nitrogens is 5. The molecule has 0 saturated carbocycles. The maximum absolute atomic E-state index is 4.98. The van der Waals surface area contributed by atoms with Crippen LogP contribution in [0, 0.1) is 0 Å². The summed E-state index contributed by atoms with van der Waals surface area (Å²) in [6, 6.07) is 70.9. The first-order valence-corrected chi connectivity index (χ1v) is 19.6. The van der Waals surface area contributed by atoms with E-state index in [1.807, 2.05) is 60.7 Å². The van der Waals surface area contributed by atoms with E-state index in [0.717, 1.165) is 33.5 Å². The van der Waals surface area contributed by atoms with Crippen molar-refractivity contribution in [2.75, 3.05) is 0 Å². The number of nitrogens with zero attached hydrogens (tertiary/aromatic N) is 5. The van der Waals surface area contributed by atoms with E-state index in [4.69, 9.17) is 15.0 Å². The lowest BCUT2D eigenvalue weighted by Gasteiger charge is -2.13. The van der Waals surface area contributed by atoms with Crippen molar-refractivity contribution < 1.29 is 0 Å². The van der Waals surface area contributed by atoms with Crippen molar-refractivity contribution in [3.8, 4) is 51.0 Å². The van der Waals surface area contributed by atoms with Crippen LogP contribution in [-0.4, -0.2) is 23.9 Å². The maximum Gasteiger partial charge on any atom is 0.164 e. The standard InChI is InChI=1S/C53H33N5/c1-3-14-35(15-4-1)51-54-52(36-16-5-2-6-17-36)56-53(55-51)39-20-13-19-37(32-39)34-26-28-40(29-27-34)57-46-25-12-10-23-44(46)49-47(57)31-30-43-41-21-8-9-22-42(41)48-33-38-18-7-11-24-45(38)58(48)50(43)49/h1-33H. The average Bonchev–Trinajstić information content (AvgIpc) is 3.86. The van der Waals surface area contributed by atoms with Gasteiger partial charge in [0.25, 0.3) is 0 Å². The molecule has 270 valence electrons. The molecule has 0 N–H and O–H groups in total. The Balaban J connectivity index is 1.01. The van der Waals surface area contributed by atoms with Crippen molar-refractivity contribution in [2.24, 2.45) is 0 Å². The van der Waals surface area contributed by atoms with Crippen molar-refractivity contribution in [1.82, 2.24) is 23.9 Å². The summed E-state index contributed by atoms with van der Waals surface area (Å²) in [4.78, 5) is 14.9. The quantitative estimate of drug-likeness (QED) is 0.165. The van der Waals surface area contributed by atoms with Crippen LogP contribution in [0.4, 0.5) is 0 Å². The zero-order valence-corrected chi connectivity index (χ0v) is 31.3. The molecule has 0 unspecified atom stereocenters. The topological polar surface area (TPSA) is 48.0 Å².